The van der Waals surface area contributed by atoms with Gasteiger partial charge in [-0.1, -0.05) is 0 Å². The van der Waals surface area contributed by atoms with Crippen LogP contribution >= 0.6 is 0 Å². The summed E-state index contributed by atoms with van der Waals surface area (Å²) in [5, 5.41) is 35.2. The van der Waals surface area contributed by atoms with Gasteiger partial charge in [0, 0.05) is 0 Å². The van der Waals surface area contributed by atoms with Crippen LogP contribution in [0.25, 0.3) is 0 Å². The summed E-state index contributed by atoms with van der Waals surface area (Å²) in [5.41, 5.74) is 5.04. The first-order valence-electron chi connectivity index (χ1n) is 3.40. The quantitative estimate of drug-likeness (QED) is 0.280. The number of aliphatic hydroxyl groups is 4. The summed E-state index contributed by atoms with van der Waals surface area (Å²) in [4.78, 5) is 10.0. The van der Waals surface area contributed by atoms with Crippen molar-refractivity contribution in [1.82, 2.24) is 0 Å². The molecule has 0 bridgehead atoms. The Bertz CT molecular complexity index is 142. The third-order valence-electron chi connectivity index (χ3n) is 1.48. The molecule has 6 heteroatoms. The largest absolute Gasteiger partial charge is 0.394 e. The maximum Gasteiger partial charge on any atom is 0.139 e. The number of aldehydes is 1. The number of hydrogen-bond acceptors (Lipinski definition) is 6. The monoisotopic (exact) mass is 179 g/mol. The summed E-state index contributed by atoms with van der Waals surface area (Å²) in [6.07, 6.45) is -4.43. The van der Waals surface area contributed by atoms with Crippen LogP contribution in [0.4, 0.5) is 0 Å². The van der Waals surface area contributed by atoms with Gasteiger partial charge >= 0.3 is 0 Å². The molecule has 12 heavy (non-hydrogen) atoms. The molecule has 0 amide bonds. The third kappa shape index (κ3) is 2.84. The fraction of sp³-hybridized carbons (Fsp3) is 0.833. The molecule has 0 saturated carbocycles. The molecule has 0 radical (unpaired) electrons. The van der Waals surface area contributed by atoms with E-state index in [2.05, 4.69) is 0 Å². The number of rotatable bonds is 5. The van der Waals surface area contributed by atoms with Crippen LogP contribution in [0, 0.1) is 0 Å². The van der Waals surface area contributed by atoms with Crippen molar-refractivity contribution in [2.45, 2.75) is 24.4 Å². The fourth-order valence-corrected chi connectivity index (χ4v) is 0.644. The van der Waals surface area contributed by atoms with E-state index in [0.29, 0.717) is 0 Å². The van der Waals surface area contributed by atoms with Gasteiger partial charge < -0.3 is 31.0 Å². The minimum Gasteiger partial charge on any atom is -0.394 e. The minimum atomic E-state index is -1.62. The highest BCUT2D eigenvalue weighted by molar-refractivity contribution is 5.58. The van der Waals surface area contributed by atoms with Gasteiger partial charge in [0.05, 0.1) is 12.6 Å². The lowest BCUT2D eigenvalue weighted by Crippen LogP contribution is -2.49. The van der Waals surface area contributed by atoms with Crippen molar-refractivity contribution in [3.05, 3.63) is 0 Å². The Morgan fingerprint density at radius 1 is 1.25 bits per heavy atom. The Kier molecular flexibility index (Phi) is 4.95. The van der Waals surface area contributed by atoms with E-state index in [1.165, 1.54) is 0 Å². The van der Waals surface area contributed by atoms with Gasteiger partial charge in [0.15, 0.2) is 0 Å². The summed E-state index contributed by atoms with van der Waals surface area (Å²) in [6.45, 7) is -0.705. The predicted octanol–water partition coefficient (Wildman–Crippen LogP) is -3.41. The number of aliphatic hydroxyl groups excluding tert-OH is 4. The first kappa shape index (κ1) is 11.5. The summed E-state index contributed by atoms with van der Waals surface area (Å²) in [5.74, 6) is 0. The molecule has 0 aliphatic heterocycles. The molecule has 0 aromatic carbocycles. The smallest absolute Gasteiger partial charge is 0.139 e. The molecule has 0 heterocycles. The lowest BCUT2D eigenvalue weighted by molar-refractivity contribution is -0.118. The highest BCUT2D eigenvalue weighted by Gasteiger charge is 2.28. The van der Waals surface area contributed by atoms with Gasteiger partial charge in [-0.25, -0.2) is 0 Å². The number of hydrogen-bond donors (Lipinski definition) is 5. The van der Waals surface area contributed by atoms with Crippen molar-refractivity contribution in [2.75, 3.05) is 6.61 Å². The number of nitrogens with two attached hydrogens (primary N) is 1. The van der Waals surface area contributed by atoms with Crippen molar-refractivity contribution < 1.29 is 25.2 Å². The SMILES string of the molecule is NC(C=O)[C@H](O)C(O)[C@H](O)CO. The zero-order valence-corrected chi connectivity index (χ0v) is 6.37. The van der Waals surface area contributed by atoms with E-state index >= 15 is 0 Å². The Hall–Kier alpha value is -0.530. The zero-order chi connectivity index (χ0) is 9.72. The van der Waals surface area contributed by atoms with Gasteiger partial charge in [0.25, 0.3) is 0 Å². The van der Waals surface area contributed by atoms with Crippen LogP contribution in [-0.4, -0.2) is 57.7 Å². The average Bonchev–Trinajstić information content (AvgIpc) is 2.12. The molecule has 0 saturated heterocycles. The Morgan fingerprint density at radius 3 is 2.08 bits per heavy atom. The molecule has 2 unspecified atom stereocenters. The van der Waals surface area contributed by atoms with Gasteiger partial charge in [-0.05, 0) is 0 Å². The summed E-state index contributed by atoms with van der Waals surface area (Å²) < 4.78 is 0. The van der Waals surface area contributed by atoms with Gasteiger partial charge in [-0.2, -0.15) is 0 Å². The highest BCUT2D eigenvalue weighted by Crippen LogP contribution is 2.01. The minimum absolute atomic E-state index is 0.248. The molecule has 4 atom stereocenters. The van der Waals surface area contributed by atoms with Crippen LogP contribution in [0.5, 0.6) is 0 Å². The second-order valence-electron chi connectivity index (χ2n) is 2.44. The summed E-state index contributed by atoms with van der Waals surface area (Å²) in [6, 6.07) is -1.26. The van der Waals surface area contributed by atoms with Crippen molar-refractivity contribution >= 4 is 6.29 Å². The molecule has 0 aromatic rings. The van der Waals surface area contributed by atoms with Gasteiger partial charge in [-0.3, -0.25) is 0 Å². The van der Waals surface area contributed by atoms with E-state index in [0.717, 1.165) is 0 Å². The first-order valence-corrected chi connectivity index (χ1v) is 3.40. The number of carbonyl (C=O) groups excluding carboxylic acids is 1. The molecular weight excluding hydrogens is 166 g/mol. The second kappa shape index (κ2) is 5.18. The second-order valence-corrected chi connectivity index (χ2v) is 2.44. The van der Waals surface area contributed by atoms with Crippen molar-refractivity contribution in [3.8, 4) is 0 Å². The molecule has 72 valence electrons. The van der Waals surface area contributed by atoms with Crippen molar-refractivity contribution in [2.24, 2.45) is 5.73 Å². The maximum absolute atomic E-state index is 10.0. The molecule has 0 spiro atoms. The van der Waals surface area contributed by atoms with E-state index < -0.39 is 31.0 Å². The van der Waals surface area contributed by atoms with Crippen LogP contribution in [0.1, 0.15) is 0 Å². The van der Waals surface area contributed by atoms with Gasteiger partial charge in [0.1, 0.15) is 24.6 Å². The average molecular weight is 179 g/mol. The predicted molar refractivity (Wildman–Crippen MR) is 39.1 cm³/mol. The van der Waals surface area contributed by atoms with Gasteiger partial charge in [0.2, 0.25) is 0 Å². The third-order valence-corrected chi connectivity index (χ3v) is 1.48. The van der Waals surface area contributed by atoms with E-state index in [4.69, 9.17) is 26.2 Å². The van der Waals surface area contributed by atoms with Crippen LogP contribution in [-0.2, 0) is 4.79 Å². The summed E-state index contributed by atoms with van der Waals surface area (Å²) >= 11 is 0. The molecule has 0 aliphatic carbocycles. The molecule has 0 aliphatic rings. The van der Waals surface area contributed by atoms with Crippen LogP contribution in [0.2, 0.25) is 0 Å². The standard InChI is InChI=1S/C6H13NO5/c7-3(1-8)5(11)6(12)4(10)2-9/h1,3-6,9-12H,2,7H2/t3?,4-,5+,6?/m1/s1. The molecule has 6 N–H and O–H groups in total. The Labute approximate surface area is 69.2 Å². The Morgan fingerprint density at radius 2 is 1.75 bits per heavy atom. The number of carbonyl (C=O) groups is 1. The van der Waals surface area contributed by atoms with E-state index in [1.807, 2.05) is 0 Å². The van der Waals surface area contributed by atoms with Crippen molar-refractivity contribution in [3.63, 3.8) is 0 Å². The first-order chi connectivity index (χ1) is 5.54. The molecule has 0 rings (SSSR count). The lowest BCUT2D eigenvalue weighted by Gasteiger charge is -2.23. The molecular formula is C6H13NO5. The molecule has 6 nitrogen and oxygen atoms in total. The Balaban J connectivity index is 4.07. The van der Waals surface area contributed by atoms with Crippen LogP contribution in [0.3, 0.4) is 0 Å². The normalized spacial score (nSPS) is 21.1. The van der Waals surface area contributed by atoms with Gasteiger partial charge in [-0.15, -0.1) is 0 Å². The van der Waals surface area contributed by atoms with E-state index in [1.54, 1.807) is 0 Å². The van der Waals surface area contributed by atoms with Crippen LogP contribution in [0.15, 0.2) is 0 Å². The van der Waals surface area contributed by atoms with E-state index in [-0.39, 0.29) is 6.29 Å². The highest BCUT2D eigenvalue weighted by atomic mass is 16.4. The maximum atomic E-state index is 10.0. The van der Waals surface area contributed by atoms with E-state index in [9.17, 15) is 4.79 Å². The molecule has 0 aromatic heterocycles. The topological polar surface area (TPSA) is 124 Å². The molecule has 0 fully saturated rings. The zero-order valence-electron chi connectivity index (χ0n) is 6.37. The summed E-state index contributed by atoms with van der Waals surface area (Å²) in [7, 11) is 0. The van der Waals surface area contributed by atoms with Crippen LogP contribution < -0.4 is 5.73 Å². The fourth-order valence-electron chi connectivity index (χ4n) is 0.644. The lowest BCUT2D eigenvalue weighted by atomic mass is 10.0. The van der Waals surface area contributed by atoms with Crippen molar-refractivity contribution in [1.29, 1.82) is 0 Å².